The highest BCUT2D eigenvalue weighted by atomic mass is 16.5. The van der Waals surface area contributed by atoms with E-state index in [4.69, 9.17) is 9.94 Å². The molecule has 1 amide bonds. The first-order valence-corrected chi connectivity index (χ1v) is 6.29. The number of amides is 1. The van der Waals surface area contributed by atoms with E-state index in [1.165, 1.54) is 11.6 Å². The van der Waals surface area contributed by atoms with Crippen LogP contribution in [-0.2, 0) is 16.1 Å². The number of nitrogens with one attached hydrogen (secondary N) is 1. The molecule has 1 heterocycles. The predicted octanol–water partition coefficient (Wildman–Crippen LogP) is 1.04. The van der Waals surface area contributed by atoms with Gasteiger partial charge in [0.2, 0.25) is 0 Å². The molecule has 5 nitrogen and oxygen atoms in total. The van der Waals surface area contributed by atoms with Crippen LogP contribution in [0.1, 0.15) is 11.1 Å². The quantitative estimate of drug-likeness (QED) is 0.483. The van der Waals surface area contributed by atoms with E-state index in [0.717, 1.165) is 38.4 Å². The molecule has 1 aliphatic heterocycles. The van der Waals surface area contributed by atoms with Crippen LogP contribution in [0.15, 0.2) is 30.3 Å². The summed E-state index contributed by atoms with van der Waals surface area (Å²) in [5, 5.41) is 8.37. The fourth-order valence-corrected chi connectivity index (χ4v) is 1.96. The predicted molar refractivity (Wildman–Crippen MR) is 71.5 cm³/mol. The van der Waals surface area contributed by atoms with E-state index >= 15 is 0 Å². The molecule has 2 rings (SSSR count). The lowest BCUT2D eigenvalue weighted by Crippen LogP contribution is -2.35. The first-order valence-electron chi connectivity index (χ1n) is 6.29. The van der Waals surface area contributed by atoms with Crippen molar-refractivity contribution >= 4 is 12.0 Å². The van der Waals surface area contributed by atoms with E-state index in [9.17, 15) is 4.79 Å². The molecule has 0 aliphatic carbocycles. The first kappa shape index (κ1) is 13.7. The summed E-state index contributed by atoms with van der Waals surface area (Å²) in [7, 11) is 0. The summed E-state index contributed by atoms with van der Waals surface area (Å²) in [4.78, 5) is 13.2. The van der Waals surface area contributed by atoms with Gasteiger partial charge >= 0.3 is 0 Å². The number of hydrogen-bond donors (Lipinski definition) is 2. The Morgan fingerprint density at radius 2 is 2.00 bits per heavy atom. The Balaban J connectivity index is 1.90. The molecule has 1 aromatic rings. The molecule has 0 bridgehead atoms. The van der Waals surface area contributed by atoms with E-state index in [0.29, 0.717) is 0 Å². The molecule has 1 aromatic carbocycles. The van der Waals surface area contributed by atoms with Crippen molar-refractivity contribution in [2.75, 3.05) is 26.3 Å². The summed E-state index contributed by atoms with van der Waals surface area (Å²) < 4.78 is 5.31. The summed E-state index contributed by atoms with van der Waals surface area (Å²) in [5.41, 5.74) is 3.72. The first-order chi connectivity index (χ1) is 9.28. The second-order valence-corrected chi connectivity index (χ2v) is 4.44. The van der Waals surface area contributed by atoms with Crippen LogP contribution in [0.5, 0.6) is 0 Å². The Morgan fingerprint density at radius 1 is 1.32 bits per heavy atom. The number of carbonyl (C=O) groups is 1. The van der Waals surface area contributed by atoms with E-state index in [1.807, 2.05) is 24.3 Å². The lowest BCUT2D eigenvalue weighted by molar-refractivity contribution is -0.124. The molecule has 0 aromatic heterocycles. The van der Waals surface area contributed by atoms with Gasteiger partial charge in [0.1, 0.15) is 0 Å². The number of ether oxygens (including phenoxy) is 1. The minimum absolute atomic E-state index is 0.530. The molecule has 1 saturated heterocycles. The van der Waals surface area contributed by atoms with Crippen LogP contribution in [0.2, 0.25) is 0 Å². The zero-order valence-corrected chi connectivity index (χ0v) is 10.7. The van der Waals surface area contributed by atoms with Crippen molar-refractivity contribution in [1.82, 2.24) is 10.4 Å². The van der Waals surface area contributed by atoms with Gasteiger partial charge in [0.05, 0.1) is 13.2 Å². The van der Waals surface area contributed by atoms with Gasteiger partial charge in [0.25, 0.3) is 5.91 Å². The maximum absolute atomic E-state index is 10.8. The van der Waals surface area contributed by atoms with Crippen molar-refractivity contribution in [2.45, 2.75) is 6.54 Å². The summed E-state index contributed by atoms with van der Waals surface area (Å²) in [6.07, 6.45) is 2.95. The van der Waals surface area contributed by atoms with Gasteiger partial charge in [-0.2, -0.15) is 0 Å². The normalized spacial score (nSPS) is 16.7. The van der Waals surface area contributed by atoms with Crippen molar-refractivity contribution in [1.29, 1.82) is 0 Å². The molecule has 1 aliphatic rings. The average Bonchev–Trinajstić information content (AvgIpc) is 2.47. The van der Waals surface area contributed by atoms with Crippen LogP contribution >= 0.6 is 0 Å². The molecular weight excluding hydrogens is 244 g/mol. The van der Waals surface area contributed by atoms with Crippen LogP contribution in [-0.4, -0.2) is 42.3 Å². The summed E-state index contributed by atoms with van der Waals surface area (Å²) in [6, 6.07) is 8.01. The second kappa shape index (κ2) is 7.04. The standard InChI is InChI=1S/C14H18N2O3/c17-14(15-18)6-5-12-1-3-13(4-2-12)11-16-7-9-19-10-8-16/h1-6,18H,7-11H2,(H,15,17). The fourth-order valence-electron chi connectivity index (χ4n) is 1.96. The van der Waals surface area contributed by atoms with Gasteiger partial charge < -0.3 is 4.74 Å². The molecule has 0 unspecified atom stereocenters. The van der Waals surface area contributed by atoms with Crippen LogP contribution < -0.4 is 5.48 Å². The fraction of sp³-hybridized carbons (Fsp3) is 0.357. The molecule has 102 valence electrons. The van der Waals surface area contributed by atoms with Crippen LogP contribution in [0.3, 0.4) is 0 Å². The van der Waals surface area contributed by atoms with Crippen molar-refractivity contribution in [3.63, 3.8) is 0 Å². The Labute approximate surface area is 112 Å². The zero-order valence-electron chi connectivity index (χ0n) is 10.7. The van der Waals surface area contributed by atoms with Gasteiger partial charge in [-0.3, -0.25) is 14.9 Å². The number of hydroxylamine groups is 1. The summed E-state index contributed by atoms with van der Waals surface area (Å²) in [5.74, 6) is -0.530. The SMILES string of the molecule is O=C(C=Cc1ccc(CN2CCOCC2)cc1)NO. The zero-order chi connectivity index (χ0) is 13.5. The second-order valence-electron chi connectivity index (χ2n) is 4.44. The monoisotopic (exact) mass is 262 g/mol. The van der Waals surface area contributed by atoms with Crippen molar-refractivity contribution in [3.8, 4) is 0 Å². The van der Waals surface area contributed by atoms with Gasteiger partial charge in [0, 0.05) is 25.7 Å². The smallest absolute Gasteiger partial charge is 0.267 e. The van der Waals surface area contributed by atoms with Gasteiger partial charge in [-0.1, -0.05) is 24.3 Å². The number of hydrogen-bond acceptors (Lipinski definition) is 4. The van der Waals surface area contributed by atoms with Crippen molar-refractivity contribution in [2.24, 2.45) is 0 Å². The highest BCUT2D eigenvalue weighted by molar-refractivity contribution is 5.90. The van der Waals surface area contributed by atoms with Crippen LogP contribution in [0.4, 0.5) is 0 Å². The Bertz CT molecular complexity index is 437. The average molecular weight is 262 g/mol. The van der Waals surface area contributed by atoms with Gasteiger partial charge in [0.15, 0.2) is 0 Å². The third-order valence-electron chi connectivity index (χ3n) is 3.03. The van der Waals surface area contributed by atoms with Gasteiger partial charge in [-0.05, 0) is 17.2 Å². The third kappa shape index (κ3) is 4.48. The third-order valence-corrected chi connectivity index (χ3v) is 3.03. The largest absolute Gasteiger partial charge is 0.379 e. The van der Waals surface area contributed by atoms with Crippen molar-refractivity contribution in [3.05, 3.63) is 41.5 Å². The maximum atomic E-state index is 10.8. The molecule has 0 radical (unpaired) electrons. The molecular formula is C14H18N2O3. The number of morpholine rings is 1. The molecule has 0 atom stereocenters. The molecule has 5 heteroatoms. The minimum Gasteiger partial charge on any atom is -0.379 e. The molecule has 1 fully saturated rings. The van der Waals surface area contributed by atoms with E-state index < -0.39 is 5.91 Å². The highest BCUT2D eigenvalue weighted by Crippen LogP contribution is 2.10. The van der Waals surface area contributed by atoms with Crippen LogP contribution in [0.25, 0.3) is 6.08 Å². The summed E-state index contributed by atoms with van der Waals surface area (Å²) >= 11 is 0. The van der Waals surface area contributed by atoms with Gasteiger partial charge in [-0.25, -0.2) is 5.48 Å². The van der Waals surface area contributed by atoms with Crippen molar-refractivity contribution < 1.29 is 14.7 Å². The van der Waals surface area contributed by atoms with E-state index in [-0.39, 0.29) is 0 Å². The van der Waals surface area contributed by atoms with E-state index in [2.05, 4.69) is 4.90 Å². The lowest BCUT2D eigenvalue weighted by Gasteiger charge is -2.26. The number of carbonyl (C=O) groups excluding carboxylic acids is 1. The Hall–Kier alpha value is -1.69. The summed E-state index contributed by atoms with van der Waals surface area (Å²) in [6.45, 7) is 4.47. The number of benzene rings is 1. The topological polar surface area (TPSA) is 61.8 Å². The maximum Gasteiger partial charge on any atom is 0.267 e. The molecule has 0 spiro atoms. The number of rotatable bonds is 4. The number of nitrogens with zero attached hydrogens (tertiary/aromatic N) is 1. The van der Waals surface area contributed by atoms with Crippen LogP contribution in [0, 0.1) is 0 Å². The molecule has 2 N–H and O–H groups in total. The highest BCUT2D eigenvalue weighted by Gasteiger charge is 2.10. The Kier molecular flexibility index (Phi) is 5.09. The molecule has 0 saturated carbocycles. The minimum atomic E-state index is -0.530. The van der Waals surface area contributed by atoms with E-state index in [1.54, 1.807) is 11.6 Å². The molecule has 19 heavy (non-hydrogen) atoms. The Morgan fingerprint density at radius 3 is 2.63 bits per heavy atom. The van der Waals surface area contributed by atoms with Gasteiger partial charge in [-0.15, -0.1) is 0 Å². The lowest BCUT2D eigenvalue weighted by atomic mass is 10.1.